The largest absolute Gasteiger partial charge is 0.490 e. The van der Waals surface area contributed by atoms with Crippen molar-refractivity contribution in [2.24, 2.45) is 13.0 Å². The summed E-state index contributed by atoms with van der Waals surface area (Å²) < 4.78 is 19.9. The minimum Gasteiger partial charge on any atom is -0.490 e. The van der Waals surface area contributed by atoms with Crippen LogP contribution in [0.3, 0.4) is 0 Å². The van der Waals surface area contributed by atoms with Crippen molar-refractivity contribution in [2.45, 2.75) is 40.7 Å². The molecule has 36 heavy (non-hydrogen) atoms. The normalized spacial score (nSPS) is 11.8. The Morgan fingerprint density at radius 3 is 2.33 bits per heavy atom. The van der Waals surface area contributed by atoms with Crippen molar-refractivity contribution >= 4 is 17.6 Å². The molecule has 2 aromatic carbocycles. The number of ether oxygens (including phenoxy) is 3. The van der Waals surface area contributed by atoms with E-state index in [0.29, 0.717) is 42.0 Å². The number of aromatic nitrogens is 2. The van der Waals surface area contributed by atoms with E-state index >= 15 is 0 Å². The SMILES string of the molecule is CCOc1cc(C(=O)O[C@@H](C)C(=O)Nc2c(C)n(C)n(-c3ccccc3)c2=O)ccc1OCC(C)C. The van der Waals surface area contributed by atoms with Gasteiger partial charge < -0.3 is 19.5 Å². The molecule has 192 valence electrons. The van der Waals surface area contributed by atoms with Gasteiger partial charge in [-0.3, -0.25) is 14.3 Å². The first kappa shape index (κ1) is 26.6. The Kier molecular flexibility index (Phi) is 8.58. The van der Waals surface area contributed by atoms with E-state index in [9.17, 15) is 14.4 Å². The molecule has 0 fully saturated rings. The van der Waals surface area contributed by atoms with Gasteiger partial charge >= 0.3 is 5.97 Å². The van der Waals surface area contributed by atoms with Crippen molar-refractivity contribution in [3.05, 3.63) is 70.1 Å². The number of nitrogens with zero attached hydrogens (tertiary/aromatic N) is 2. The van der Waals surface area contributed by atoms with Crippen molar-refractivity contribution in [1.82, 2.24) is 9.36 Å². The minimum atomic E-state index is -1.14. The monoisotopic (exact) mass is 495 g/mol. The van der Waals surface area contributed by atoms with Crippen molar-refractivity contribution in [3.8, 4) is 17.2 Å². The molecule has 0 aliphatic rings. The van der Waals surface area contributed by atoms with E-state index in [2.05, 4.69) is 5.32 Å². The number of anilines is 1. The molecule has 0 saturated carbocycles. The van der Waals surface area contributed by atoms with Gasteiger partial charge in [0.25, 0.3) is 11.5 Å². The fourth-order valence-electron chi connectivity index (χ4n) is 3.50. The highest BCUT2D eigenvalue weighted by atomic mass is 16.5. The third kappa shape index (κ3) is 5.97. The molecule has 1 amide bonds. The van der Waals surface area contributed by atoms with Gasteiger partial charge in [0.15, 0.2) is 17.6 Å². The van der Waals surface area contributed by atoms with E-state index in [-0.39, 0.29) is 16.8 Å². The maximum atomic E-state index is 13.0. The highest BCUT2D eigenvalue weighted by Crippen LogP contribution is 2.29. The Morgan fingerprint density at radius 2 is 1.69 bits per heavy atom. The van der Waals surface area contributed by atoms with Crippen molar-refractivity contribution < 1.29 is 23.8 Å². The number of esters is 1. The molecule has 1 aromatic heterocycles. The molecular weight excluding hydrogens is 462 g/mol. The summed E-state index contributed by atoms with van der Waals surface area (Å²) >= 11 is 0. The second kappa shape index (κ2) is 11.6. The quantitative estimate of drug-likeness (QED) is 0.425. The van der Waals surface area contributed by atoms with E-state index in [4.69, 9.17) is 14.2 Å². The maximum absolute atomic E-state index is 13.0. The maximum Gasteiger partial charge on any atom is 0.339 e. The highest BCUT2D eigenvalue weighted by Gasteiger charge is 2.24. The van der Waals surface area contributed by atoms with Crippen LogP contribution < -0.4 is 20.3 Å². The zero-order valence-electron chi connectivity index (χ0n) is 21.5. The lowest BCUT2D eigenvalue weighted by Crippen LogP contribution is -2.32. The molecule has 1 atom stereocenters. The van der Waals surface area contributed by atoms with Gasteiger partial charge in [0.2, 0.25) is 0 Å². The number of para-hydroxylation sites is 1. The smallest absolute Gasteiger partial charge is 0.339 e. The van der Waals surface area contributed by atoms with E-state index in [0.717, 1.165) is 0 Å². The van der Waals surface area contributed by atoms with Crippen LogP contribution in [0.4, 0.5) is 5.69 Å². The molecule has 0 bridgehead atoms. The van der Waals surface area contributed by atoms with Crippen LogP contribution in [0.5, 0.6) is 11.5 Å². The molecule has 3 rings (SSSR count). The topological polar surface area (TPSA) is 101 Å². The van der Waals surface area contributed by atoms with E-state index in [1.807, 2.05) is 39.0 Å². The minimum absolute atomic E-state index is 0.125. The van der Waals surface area contributed by atoms with Gasteiger partial charge in [0.05, 0.1) is 30.2 Å². The Hall–Kier alpha value is -4.01. The second-order valence-electron chi connectivity index (χ2n) is 8.77. The van der Waals surface area contributed by atoms with Crippen LogP contribution in [0.1, 0.15) is 43.7 Å². The second-order valence-corrected chi connectivity index (χ2v) is 8.77. The molecule has 0 aliphatic carbocycles. The van der Waals surface area contributed by atoms with Crippen molar-refractivity contribution in [3.63, 3.8) is 0 Å². The average Bonchev–Trinajstić information content (AvgIpc) is 3.06. The predicted octanol–water partition coefficient (Wildman–Crippen LogP) is 4.10. The summed E-state index contributed by atoms with van der Waals surface area (Å²) in [4.78, 5) is 38.6. The molecular formula is C27H33N3O6. The van der Waals surface area contributed by atoms with Gasteiger partial charge in [-0.2, -0.15) is 0 Å². The molecule has 0 saturated heterocycles. The van der Waals surface area contributed by atoms with E-state index < -0.39 is 18.0 Å². The molecule has 9 nitrogen and oxygen atoms in total. The Morgan fingerprint density at radius 1 is 1.00 bits per heavy atom. The fraction of sp³-hybridized carbons (Fsp3) is 0.370. The first-order valence-electron chi connectivity index (χ1n) is 11.9. The highest BCUT2D eigenvalue weighted by molar-refractivity contribution is 5.97. The summed E-state index contributed by atoms with van der Waals surface area (Å²) in [5, 5.41) is 2.62. The zero-order valence-corrected chi connectivity index (χ0v) is 21.5. The number of carbonyl (C=O) groups is 2. The predicted molar refractivity (Wildman–Crippen MR) is 137 cm³/mol. The van der Waals surface area contributed by atoms with Crippen molar-refractivity contribution in [2.75, 3.05) is 18.5 Å². The number of rotatable bonds is 10. The Balaban J connectivity index is 1.73. The first-order valence-corrected chi connectivity index (χ1v) is 11.9. The van der Waals surface area contributed by atoms with Gasteiger partial charge in [-0.15, -0.1) is 0 Å². The standard InChI is InChI=1S/C27H33N3O6/c1-7-34-23-15-20(13-14-22(23)35-16-17(2)3)27(33)36-19(5)25(31)28-24-18(4)29(6)30(26(24)32)21-11-9-8-10-12-21/h8-15,17,19H,7,16H2,1-6H3,(H,28,31)/t19-/m0/s1. The molecule has 1 heterocycles. The lowest BCUT2D eigenvalue weighted by Gasteiger charge is -2.16. The molecule has 3 aromatic rings. The van der Waals surface area contributed by atoms with E-state index in [1.54, 1.807) is 42.9 Å². The van der Waals surface area contributed by atoms with Crippen LogP contribution in [0.2, 0.25) is 0 Å². The summed E-state index contributed by atoms with van der Waals surface area (Å²) in [6, 6.07) is 13.8. The molecule has 0 radical (unpaired) electrons. The fourth-order valence-corrected chi connectivity index (χ4v) is 3.50. The van der Waals surface area contributed by atoms with E-state index in [1.165, 1.54) is 17.7 Å². The average molecular weight is 496 g/mol. The van der Waals surface area contributed by atoms with Crippen LogP contribution in [0.15, 0.2) is 53.3 Å². The summed E-state index contributed by atoms with van der Waals surface area (Å²) in [5.74, 6) is -0.0291. The van der Waals surface area contributed by atoms with Gasteiger partial charge in [0.1, 0.15) is 5.69 Å². The summed E-state index contributed by atoms with van der Waals surface area (Å²) in [6.07, 6.45) is -1.14. The summed E-state index contributed by atoms with van der Waals surface area (Å²) in [7, 11) is 1.73. The number of nitrogens with one attached hydrogen (secondary N) is 1. The number of benzene rings is 2. The zero-order chi connectivity index (χ0) is 26.4. The Labute approximate surface area is 210 Å². The molecule has 0 spiro atoms. The number of hydrogen-bond donors (Lipinski definition) is 1. The van der Waals surface area contributed by atoms with Crippen molar-refractivity contribution in [1.29, 1.82) is 0 Å². The van der Waals surface area contributed by atoms with Crippen LogP contribution in [0.25, 0.3) is 5.69 Å². The van der Waals surface area contributed by atoms with Gasteiger partial charge in [-0.1, -0.05) is 32.0 Å². The number of carbonyl (C=O) groups excluding carboxylic acids is 2. The van der Waals surface area contributed by atoms with Crippen LogP contribution in [-0.2, 0) is 16.6 Å². The molecule has 0 aliphatic heterocycles. The van der Waals surface area contributed by atoms with Gasteiger partial charge in [-0.25, -0.2) is 9.48 Å². The third-order valence-electron chi connectivity index (χ3n) is 5.51. The summed E-state index contributed by atoms with van der Waals surface area (Å²) in [6.45, 7) is 9.98. The van der Waals surface area contributed by atoms with Gasteiger partial charge in [-0.05, 0) is 57.0 Å². The van der Waals surface area contributed by atoms with Gasteiger partial charge in [0, 0.05) is 7.05 Å². The summed E-state index contributed by atoms with van der Waals surface area (Å²) in [5.41, 5.74) is 1.19. The van der Waals surface area contributed by atoms with Crippen LogP contribution in [-0.4, -0.2) is 40.6 Å². The Bertz CT molecular complexity index is 1280. The molecule has 0 unspecified atom stereocenters. The molecule has 1 N–H and O–H groups in total. The number of hydrogen-bond acceptors (Lipinski definition) is 6. The number of amides is 1. The first-order chi connectivity index (χ1) is 17.1. The molecule has 9 heteroatoms. The third-order valence-corrected chi connectivity index (χ3v) is 5.51. The van der Waals surface area contributed by atoms with Crippen LogP contribution in [0, 0.1) is 12.8 Å². The lowest BCUT2D eigenvalue weighted by molar-refractivity contribution is -0.123. The lowest BCUT2D eigenvalue weighted by atomic mass is 10.2. The van der Waals surface area contributed by atoms with Crippen LogP contribution >= 0.6 is 0 Å².